The third-order valence-electron chi connectivity index (χ3n) is 3.71. The molecule has 0 aliphatic heterocycles. The second-order valence-corrected chi connectivity index (χ2v) is 5.31. The van der Waals surface area contributed by atoms with Crippen molar-refractivity contribution in [2.75, 3.05) is 0 Å². The number of carboxylic acid groups (broad SMARTS) is 1. The molecule has 5 heteroatoms. The number of benzene rings is 1. The van der Waals surface area contributed by atoms with Gasteiger partial charge in [0.25, 0.3) is 0 Å². The number of hydrogen-bond acceptors (Lipinski definition) is 2. The number of carbonyl (C=O) groups is 2. The van der Waals surface area contributed by atoms with E-state index in [-0.39, 0.29) is 12.3 Å². The molecule has 0 unspecified atom stereocenters. The van der Waals surface area contributed by atoms with Crippen LogP contribution in [0.1, 0.15) is 38.7 Å². The highest BCUT2D eigenvalue weighted by molar-refractivity contribution is 6.30. The van der Waals surface area contributed by atoms with Crippen LogP contribution >= 0.6 is 11.6 Å². The molecule has 0 radical (unpaired) electrons. The van der Waals surface area contributed by atoms with Crippen LogP contribution in [0.2, 0.25) is 5.02 Å². The Kier molecular flexibility index (Phi) is 6.02. The van der Waals surface area contributed by atoms with Crippen molar-refractivity contribution >= 4 is 23.5 Å². The summed E-state index contributed by atoms with van der Waals surface area (Å²) in [4.78, 5) is 23.3. The van der Waals surface area contributed by atoms with Gasteiger partial charge in [-0.15, -0.1) is 0 Å². The van der Waals surface area contributed by atoms with E-state index in [9.17, 15) is 14.7 Å². The van der Waals surface area contributed by atoms with Gasteiger partial charge in [-0.3, -0.25) is 9.59 Å². The summed E-state index contributed by atoms with van der Waals surface area (Å²) in [5.74, 6) is -1.16. The molecule has 0 fully saturated rings. The zero-order valence-corrected chi connectivity index (χ0v) is 12.5. The highest BCUT2D eigenvalue weighted by Gasteiger charge is 2.36. The summed E-state index contributed by atoms with van der Waals surface area (Å²) in [5.41, 5.74) is -0.0407. The van der Waals surface area contributed by atoms with Crippen molar-refractivity contribution in [3.05, 3.63) is 34.9 Å². The molecular weight excluding hydrogens is 278 g/mol. The van der Waals surface area contributed by atoms with Crippen LogP contribution in [0, 0.1) is 5.41 Å². The van der Waals surface area contributed by atoms with Crippen LogP contribution in [-0.2, 0) is 16.1 Å². The number of halogens is 1. The van der Waals surface area contributed by atoms with Gasteiger partial charge in [0.2, 0.25) is 5.91 Å². The van der Waals surface area contributed by atoms with Crippen molar-refractivity contribution in [3.63, 3.8) is 0 Å². The van der Waals surface area contributed by atoms with E-state index in [4.69, 9.17) is 11.6 Å². The molecule has 0 saturated heterocycles. The first-order valence-corrected chi connectivity index (χ1v) is 7.06. The second kappa shape index (κ2) is 7.29. The van der Waals surface area contributed by atoms with E-state index in [1.165, 1.54) is 0 Å². The number of carboxylic acids is 1. The molecule has 2 N–H and O–H groups in total. The van der Waals surface area contributed by atoms with Crippen LogP contribution in [0.3, 0.4) is 0 Å². The molecular formula is C15H20ClNO3. The lowest BCUT2D eigenvalue weighted by Gasteiger charge is -2.25. The van der Waals surface area contributed by atoms with Gasteiger partial charge in [-0.1, -0.05) is 37.6 Å². The highest BCUT2D eigenvalue weighted by Crippen LogP contribution is 2.30. The van der Waals surface area contributed by atoms with Crippen LogP contribution in [-0.4, -0.2) is 17.0 Å². The molecule has 0 heterocycles. The first-order valence-electron chi connectivity index (χ1n) is 6.68. The zero-order valence-electron chi connectivity index (χ0n) is 11.8. The number of hydrogen-bond donors (Lipinski definition) is 2. The molecule has 0 spiro atoms. The average Bonchev–Trinajstić information content (AvgIpc) is 2.44. The van der Waals surface area contributed by atoms with Crippen molar-refractivity contribution in [2.45, 2.75) is 39.7 Å². The number of aliphatic carboxylic acids is 1. The first-order chi connectivity index (χ1) is 9.43. The van der Waals surface area contributed by atoms with Crippen LogP contribution in [0.5, 0.6) is 0 Å². The van der Waals surface area contributed by atoms with Gasteiger partial charge in [-0.25, -0.2) is 0 Å². The Bertz CT molecular complexity index is 467. The van der Waals surface area contributed by atoms with Crippen molar-refractivity contribution in [1.29, 1.82) is 0 Å². The lowest BCUT2D eigenvalue weighted by Crippen LogP contribution is -2.36. The highest BCUT2D eigenvalue weighted by atomic mass is 35.5. The van der Waals surface area contributed by atoms with Gasteiger partial charge < -0.3 is 10.4 Å². The van der Waals surface area contributed by atoms with E-state index in [0.717, 1.165) is 5.56 Å². The topological polar surface area (TPSA) is 66.4 Å². The van der Waals surface area contributed by atoms with E-state index in [1.54, 1.807) is 26.0 Å². The molecule has 0 saturated carbocycles. The van der Waals surface area contributed by atoms with Crippen molar-refractivity contribution in [1.82, 2.24) is 5.32 Å². The number of nitrogens with one attached hydrogen (secondary N) is 1. The molecule has 110 valence electrons. The average molecular weight is 298 g/mol. The molecule has 20 heavy (non-hydrogen) atoms. The Balaban J connectivity index is 2.58. The molecule has 1 rings (SSSR count). The Morgan fingerprint density at radius 2 is 1.75 bits per heavy atom. The summed E-state index contributed by atoms with van der Waals surface area (Å²) in [6.45, 7) is 3.97. The molecule has 0 aromatic heterocycles. The number of carbonyl (C=O) groups excluding carboxylic acids is 1. The third-order valence-corrected chi connectivity index (χ3v) is 3.96. The molecule has 1 aromatic rings. The fourth-order valence-electron chi connectivity index (χ4n) is 2.05. The summed E-state index contributed by atoms with van der Waals surface area (Å²) in [7, 11) is 0. The predicted octanol–water partition coefficient (Wildman–Crippen LogP) is 3.24. The molecule has 0 atom stereocenters. The van der Waals surface area contributed by atoms with E-state index in [1.807, 2.05) is 12.1 Å². The van der Waals surface area contributed by atoms with Crippen molar-refractivity contribution < 1.29 is 14.7 Å². The molecule has 4 nitrogen and oxygen atoms in total. The predicted molar refractivity (Wildman–Crippen MR) is 78.6 cm³/mol. The van der Waals surface area contributed by atoms with E-state index in [2.05, 4.69) is 5.32 Å². The summed E-state index contributed by atoms with van der Waals surface area (Å²) < 4.78 is 0. The first kappa shape index (κ1) is 16.5. The van der Waals surface area contributed by atoms with Gasteiger partial charge in [0.15, 0.2) is 0 Å². The lowest BCUT2D eigenvalue weighted by atomic mass is 9.79. The minimum atomic E-state index is -0.968. The molecule has 0 aliphatic carbocycles. The molecule has 1 amide bonds. The summed E-state index contributed by atoms with van der Waals surface area (Å²) in [6, 6.07) is 7.16. The summed E-state index contributed by atoms with van der Waals surface area (Å²) >= 11 is 5.78. The maximum Gasteiger partial charge on any atom is 0.310 e. The Morgan fingerprint density at radius 3 is 2.20 bits per heavy atom. The van der Waals surface area contributed by atoms with Gasteiger partial charge in [0.05, 0.1) is 5.41 Å². The minimum absolute atomic E-state index is 0.00290. The number of rotatable bonds is 7. The zero-order chi connectivity index (χ0) is 15.2. The van der Waals surface area contributed by atoms with E-state index < -0.39 is 11.4 Å². The van der Waals surface area contributed by atoms with Crippen molar-refractivity contribution in [3.8, 4) is 0 Å². The normalized spacial score (nSPS) is 11.2. The van der Waals surface area contributed by atoms with Gasteiger partial charge >= 0.3 is 5.97 Å². The maximum absolute atomic E-state index is 11.9. The van der Waals surface area contributed by atoms with Gasteiger partial charge in [0, 0.05) is 18.0 Å². The van der Waals surface area contributed by atoms with Gasteiger partial charge in [-0.05, 0) is 30.5 Å². The maximum atomic E-state index is 11.9. The number of amides is 1. The molecule has 1 aromatic carbocycles. The Labute approximate surface area is 124 Å². The fourth-order valence-corrected chi connectivity index (χ4v) is 2.18. The van der Waals surface area contributed by atoms with Gasteiger partial charge in [0.1, 0.15) is 0 Å². The monoisotopic (exact) mass is 297 g/mol. The summed E-state index contributed by atoms with van der Waals surface area (Å²) in [5, 5.41) is 12.7. The van der Waals surface area contributed by atoms with Crippen LogP contribution in [0.25, 0.3) is 0 Å². The molecule has 0 aliphatic rings. The SMILES string of the molecule is CCC(CC)(CC(=O)NCc1ccc(Cl)cc1)C(=O)O. The Hall–Kier alpha value is -1.55. The fraction of sp³-hybridized carbons (Fsp3) is 0.467. The quantitative estimate of drug-likeness (QED) is 0.812. The largest absolute Gasteiger partial charge is 0.481 e. The van der Waals surface area contributed by atoms with Gasteiger partial charge in [-0.2, -0.15) is 0 Å². The summed E-state index contributed by atoms with van der Waals surface area (Å²) in [6.07, 6.45) is 0.878. The lowest BCUT2D eigenvalue weighted by molar-refractivity contribution is -0.152. The van der Waals surface area contributed by atoms with Crippen molar-refractivity contribution in [2.24, 2.45) is 5.41 Å². The second-order valence-electron chi connectivity index (χ2n) is 4.87. The standard InChI is InChI=1S/C15H20ClNO3/c1-3-15(4-2,14(19)20)9-13(18)17-10-11-5-7-12(16)8-6-11/h5-8H,3-4,9-10H2,1-2H3,(H,17,18)(H,19,20). The van der Waals surface area contributed by atoms with Crippen LogP contribution in [0.4, 0.5) is 0 Å². The van der Waals surface area contributed by atoms with E-state index >= 15 is 0 Å². The van der Waals surface area contributed by atoms with E-state index in [0.29, 0.717) is 24.4 Å². The Morgan fingerprint density at radius 1 is 1.20 bits per heavy atom. The molecule has 0 bridgehead atoms. The minimum Gasteiger partial charge on any atom is -0.481 e. The third kappa shape index (κ3) is 4.23. The van der Waals surface area contributed by atoms with Crippen LogP contribution < -0.4 is 5.32 Å². The van der Waals surface area contributed by atoms with Crippen LogP contribution in [0.15, 0.2) is 24.3 Å². The smallest absolute Gasteiger partial charge is 0.310 e.